The van der Waals surface area contributed by atoms with Gasteiger partial charge in [-0.15, -0.1) is 0 Å². The normalized spacial score (nSPS) is 27.8. The maximum Gasteiger partial charge on any atom is 0.226 e. The van der Waals surface area contributed by atoms with Crippen LogP contribution < -0.4 is 5.32 Å². The molecule has 100 valence electrons. The van der Waals surface area contributed by atoms with Crippen LogP contribution in [-0.4, -0.2) is 62.0 Å². The predicted octanol–water partition coefficient (Wildman–Crippen LogP) is 0.783. The summed E-state index contributed by atoms with van der Waals surface area (Å²) in [5.74, 6) is 0.334. The summed E-state index contributed by atoms with van der Waals surface area (Å²) in [4.78, 5) is 16.5. The molecule has 1 heterocycles. The Balaban J connectivity index is 2.52. The summed E-state index contributed by atoms with van der Waals surface area (Å²) >= 11 is 0. The smallest absolute Gasteiger partial charge is 0.226 e. The average molecular weight is 241 g/mol. The zero-order valence-corrected chi connectivity index (χ0v) is 11.9. The van der Waals surface area contributed by atoms with Gasteiger partial charge in [0.1, 0.15) is 0 Å². The second-order valence-corrected chi connectivity index (χ2v) is 5.42. The largest absolute Gasteiger partial charge is 0.342 e. The Morgan fingerprint density at radius 2 is 2.24 bits per heavy atom. The van der Waals surface area contributed by atoms with Crippen LogP contribution in [-0.2, 0) is 4.79 Å². The van der Waals surface area contributed by atoms with Gasteiger partial charge >= 0.3 is 0 Å². The zero-order valence-electron chi connectivity index (χ0n) is 11.9. The quantitative estimate of drug-likeness (QED) is 0.790. The van der Waals surface area contributed by atoms with E-state index in [4.69, 9.17) is 0 Å². The van der Waals surface area contributed by atoms with Crippen molar-refractivity contribution in [2.24, 2.45) is 5.92 Å². The standard InChI is InChI=1S/C13H27N3O/c1-10(9-14-3)13(17)16(5)12-6-7-15(4)11(2)8-12/h10-12,14H,6-9H2,1-5H3/t10-,11-,12-/m0/s1. The minimum Gasteiger partial charge on any atom is -0.342 e. The number of amides is 1. The van der Waals surface area contributed by atoms with Crippen LogP contribution in [0.3, 0.4) is 0 Å². The van der Waals surface area contributed by atoms with Gasteiger partial charge in [0, 0.05) is 38.1 Å². The van der Waals surface area contributed by atoms with E-state index in [1.165, 1.54) is 0 Å². The van der Waals surface area contributed by atoms with Gasteiger partial charge in [0.05, 0.1) is 0 Å². The third kappa shape index (κ3) is 3.68. The molecule has 1 fully saturated rings. The van der Waals surface area contributed by atoms with E-state index in [0.717, 1.165) is 25.9 Å². The number of nitrogens with one attached hydrogen (secondary N) is 1. The molecule has 1 amide bonds. The van der Waals surface area contributed by atoms with Gasteiger partial charge in [-0.25, -0.2) is 0 Å². The summed E-state index contributed by atoms with van der Waals surface area (Å²) in [6, 6.07) is 0.983. The van der Waals surface area contributed by atoms with Crippen molar-refractivity contribution < 1.29 is 4.79 Å². The Morgan fingerprint density at radius 1 is 1.59 bits per heavy atom. The number of rotatable bonds is 4. The highest BCUT2D eigenvalue weighted by atomic mass is 16.2. The van der Waals surface area contributed by atoms with Crippen molar-refractivity contribution in [3.63, 3.8) is 0 Å². The van der Waals surface area contributed by atoms with Gasteiger partial charge in [0.2, 0.25) is 5.91 Å². The van der Waals surface area contributed by atoms with Crippen molar-refractivity contribution in [1.82, 2.24) is 15.1 Å². The minimum absolute atomic E-state index is 0.0694. The molecule has 17 heavy (non-hydrogen) atoms. The molecule has 0 aromatic carbocycles. The first-order chi connectivity index (χ1) is 7.97. The van der Waals surface area contributed by atoms with Gasteiger partial charge in [-0.1, -0.05) is 6.92 Å². The third-order valence-electron chi connectivity index (χ3n) is 4.01. The fourth-order valence-electron chi connectivity index (χ4n) is 2.54. The molecule has 0 aliphatic carbocycles. The highest BCUT2D eigenvalue weighted by molar-refractivity contribution is 5.78. The van der Waals surface area contributed by atoms with Crippen LogP contribution in [0.15, 0.2) is 0 Å². The number of nitrogens with zero attached hydrogens (tertiary/aromatic N) is 2. The van der Waals surface area contributed by atoms with Crippen LogP contribution in [0.2, 0.25) is 0 Å². The summed E-state index contributed by atoms with van der Waals surface area (Å²) in [6.45, 7) is 6.07. The van der Waals surface area contributed by atoms with Crippen LogP contribution in [0.1, 0.15) is 26.7 Å². The van der Waals surface area contributed by atoms with Crippen LogP contribution in [0, 0.1) is 5.92 Å². The Labute approximate surface area is 105 Å². The first-order valence-electron chi connectivity index (χ1n) is 6.58. The Bertz CT molecular complexity index is 257. The Hall–Kier alpha value is -0.610. The van der Waals surface area contributed by atoms with E-state index in [-0.39, 0.29) is 11.8 Å². The molecule has 1 aliphatic rings. The van der Waals surface area contributed by atoms with Crippen molar-refractivity contribution in [1.29, 1.82) is 0 Å². The molecule has 1 N–H and O–H groups in total. The fraction of sp³-hybridized carbons (Fsp3) is 0.923. The van der Waals surface area contributed by atoms with E-state index in [2.05, 4.69) is 24.2 Å². The van der Waals surface area contributed by atoms with Crippen molar-refractivity contribution in [2.45, 2.75) is 38.8 Å². The Morgan fingerprint density at radius 3 is 2.76 bits per heavy atom. The average Bonchev–Trinajstić information content (AvgIpc) is 2.31. The highest BCUT2D eigenvalue weighted by Gasteiger charge is 2.29. The summed E-state index contributed by atoms with van der Waals surface area (Å²) in [7, 11) is 6.00. The summed E-state index contributed by atoms with van der Waals surface area (Å²) < 4.78 is 0. The molecule has 0 bridgehead atoms. The molecular weight excluding hydrogens is 214 g/mol. The van der Waals surface area contributed by atoms with E-state index < -0.39 is 0 Å². The molecular formula is C13H27N3O. The SMILES string of the molecule is CNC[C@H](C)C(=O)N(C)[C@H]1CCN(C)[C@@H](C)C1. The van der Waals surface area contributed by atoms with Gasteiger partial charge in [-0.3, -0.25) is 4.79 Å². The number of hydrogen-bond acceptors (Lipinski definition) is 3. The molecule has 0 spiro atoms. The van der Waals surface area contributed by atoms with Gasteiger partial charge in [0.15, 0.2) is 0 Å². The van der Waals surface area contributed by atoms with Crippen molar-refractivity contribution in [3.8, 4) is 0 Å². The molecule has 1 saturated heterocycles. The molecule has 0 aromatic rings. The zero-order chi connectivity index (χ0) is 13.0. The summed E-state index contributed by atoms with van der Waals surface area (Å²) in [5, 5.41) is 3.07. The first kappa shape index (κ1) is 14.5. The monoisotopic (exact) mass is 241 g/mol. The van der Waals surface area contributed by atoms with Gasteiger partial charge < -0.3 is 15.1 Å². The van der Waals surface area contributed by atoms with Gasteiger partial charge in [-0.2, -0.15) is 0 Å². The van der Waals surface area contributed by atoms with Gasteiger partial charge in [-0.05, 0) is 33.9 Å². The highest BCUT2D eigenvalue weighted by Crippen LogP contribution is 2.20. The second-order valence-electron chi connectivity index (χ2n) is 5.42. The molecule has 4 nitrogen and oxygen atoms in total. The molecule has 1 aliphatic heterocycles. The van der Waals surface area contributed by atoms with Crippen molar-refractivity contribution in [3.05, 3.63) is 0 Å². The predicted molar refractivity (Wildman–Crippen MR) is 71.0 cm³/mol. The van der Waals surface area contributed by atoms with E-state index in [1.54, 1.807) is 0 Å². The van der Waals surface area contributed by atoms with Gasteiger partial charge in [0.25, 0.3) is 0 Å². The summed E-state index contributed by atoms with van der Waals surface area (Å²) in [6.07, 6.45) is 2.18. The number of piperidine rings is 1. The number of likely N-dealkylation sites (tertiary alicyclic amines) is 1. The van der Waals surface area contributed by atoms with Crippen LogP contribution in [0.4, 0.5) is 0 Å². The lowest BCUT2D eigenvalue weighted by Crippen LogP contribution is -2.49. The molecule has 0 aromatic heterocycles. The van der Waals surface area contributed by atoms with Crippen molar-refractivity contribution >= 4 is 5.91 Å². The first-order valence-corrected chi connectivity index (χ1v) is 6.58. The van der Waals surface area contributed by atoms with E-state index in [1.807, 2.05) is 25.9 Å². The maximum atomic E-state index is 12.2. The lowest BCUT2D eigenvalue weighted by molar-refractivity contribution is -0.136. The van der Waals surface area contributed by atoms with E-state index in [9.17, 15) is 4.79 Å². The van der Waals surface area contributed by atoms with Crippen molar-refractivity contribution in [2.75, 3.05) is 34.2 Å². The molecule has 0 saturated carbocycles. The topological polar surface area (TPSA) is 35.6 Å². The third-order valence-corrected chi connectivity index (χ3v) is 4.01. The van der Waals surface area contributed by atoms with E-state index >= 15 is 0 Å². The molecule has 3 atom stereocenters. The molecule has 4 heteroatoms. The number of carbonyl (C=O) groups is 1. The minimum atomic E-state index is 0.0694. The van der Waals surface area contributed by atoms with Crippen LogP contribution >= 0.6 is 0 Å². The second kappa shape index (κ2) is 6.36. The van der Waals surface area contributed by atoms with Crippen LogP contribution in [0.5, 0.6) is 0 Å². The Kier molecular flexibility index (Phi) is 5.40. The summed E-state index contributed by atoms with van der Waals surface area (Å²) in [5.41, 5.74) is 0. The lowest BCUT2D eigenvalue weighted by Gasteiger charge is -2.40. The van der Waals surface area contributed by atoms with Crippen LogP contribution in [0.25, 0.3) is 0 Å². The number of carbonyl (C=O) groups excluding carboxylic acids is 1. The molecule has 0 unspecified atom stereocenters. The number of hydrogen-bond donors (Lipinski definition) is 1. The van der Waals surface area contributed by atoms with E-state index in [0.29, 0.717) is 12.1 Å². The molecule has 0 radical (unpaired) electrons. The maximum absolute atomic E-state index is 12.2. The fourth-order valence-corrected chi connectivity index (χ4v) is 2.54. The lowest BCUT2D eigenvalue weighted by atomic mass is 9.96. The molecule has 1 rings (SSSR count).